The van der Waals surface area contributed by atoms with Crippen LogP contribution in [-0.4, -0.2) is 22.0 Å². The fraction of sp³-hybridized carbons (Fsp3) is 0.192. The summed E-state index contributed by atoms with van der Waals surface area (Å²) in [5.74, 6) is -0.264. The molecule has 0 unspecified atom stereocenters. The van der Waals surface area contributed by atoms with E-state index in [9.17, 15) is 4.79 Å². The van der Waals surface area contributed by atoms with E-state index in [1.807, 2.05) is 25.1 Å². The standard InChI is InChI=1S/C26H24N2O2/c1-2-30-26(29)20-13-14-24-22(15-20)23-17-27(16-19-9-5-3-6-10-19)18-25(23)28(24)21-11-7-4-8-12-21/h3-15H,2,16-18H2,1H3. The number of nitrogens with zero attached hydrogens (tertiary/aromatic N) is 2. The van der Waals surface area contributed by atoms with Gasteiger partial charge in [0.2, 0.25) is 0 Å². The van der Waals surface area contributed by atoms with Crippen molar-refractivity contribution in [2.45, 2.75) is 26.6 Å². The highest BCUT2D eigenvalue weighted by Crippen LogP contribution is 2.36. The number of esters is 1. The van der Waals surface area contributed by atoms with Gasteiger partial charge in [-0.3, -0.25) is 4.90 Å². The molecule has 1 aromatic heterocycles. The summed E-state index contributed by atoms with van der Waals surface area (Å²) in [7, 11) is 0. The fourth-order valence-electron chi connectivity index (χ4n) is 4.41. The summed E-state index contributed by atoms with van der Waals surface area (Å²) in [6.45, 7) is 4.87. The van der Waals surface area contributed by atoms with Crippen molar-refractivity contribution >= 4 is 16.9 Å². The quantitative estimate of drug-likeness (QED) is 0.428. The lowest BCUT2D eigenvalue weighted by Crippen LogP contribution is -2.17. The van der Waals surface area contributed by atoms with Gasteiger partial charge in [0.25, 0.3) is 0 Å². The molecule has 30 heavy (non-hydrogen) atoms. The minimum atomic E-state index is -0.264. The molecule has 0 spiro atoms. The van der Waals surface area contributed by atoms with Gasteiger partial charge in [-0.25, -0.2) is 4.79 Å². The van der Waals surface area contributed by atoms with Crippen molar-refractivity contribution in [2.24, 2.45) is 0 Å². The molecule has 5 rings (SSSR count). The second-order valence-electron chi connectivity index (χ2n) is 7.68. The van der Waals surface area contributed by atoms with Crippen molar-refractivity contribution < 1.29 is 9.53 Å². The average Bonchev–Trinajstić information content (AvgIpc) is 3.31. The van der Waals surface area contributed by atoms with Gasteiger partial charge in [0.05, 0.1) is 17.7 Å². The Kier molecular flexibility index (Phi) is 4.85. The molecule has 3 aromatic carbocycles. The summed E-state index contributed by atoms with van der Waals surface area (Å²) in [4.78, 5) is 14.8. The summed E-state index contributed by atoms with van der Waals surface area (Å²) in [5.41, 5.74) is 6.81. The first-order valence-electron chi connectivity index (χ1n) is 10.4. The summed E-state index contributed by atoms with van der Waals surface area (Å²) in [5, 5.41) is 1.13. The molecule has 0 saturated carbocycles. The van der Waals surface area contributed by atoms with Crippen LogP contribution in [0.2, 0.25) is 0 Å². The van der Waals surface area contributed by atoms with Crippen LogP contribution >= 0.6 is 0 Å². The Hall–Kier alpha value is -3.37. The number of rotatable bonds is 5. The number of benzene rings is 3. The molecule has 150 valence electrons. The highest BCUT2D eigenvalue weighted by Gasteiger charge is 2.28. The predicted molar refractivity (Wildman–Crippen MR) is 119 cm³/mol. The minimum Gasteiger partial charge on any atom is -0.462 e. The normalized spacial score (nSPS) is 13.5. The van der Waals surface area contributed by atoms with Crippen molar-refractivity contribution in [3.63, 3.8) is 0 Å². The zero-order chi connectivity index (χ0) is 20.5. The molecule has 0 aliphatic carbocycles. The van der Waals surface area contributed by atoms with Gasteiger partial charge in [-0.15, -0.1) is 0 Å². The van der Waals surface area contributed by atoms with Crippen LogP contribution in [0.3, 0.4) is 0 Å². The Morgan fingerprint density at radius 1 is 0.933 bits per heavy atom. The van der Waals surface area contributed by atoms with E-state index in [-0.39, 0.29) is 5.97 Å². The number of hydrogen-bond donors (Lipinski definition) is 0. The largest absolute Gasteiger partial charge is 0.462 e. The van der Waals surface area contributed by atoms with Crippen LogP contribution in [0.15, 0.2) is 78.9 Å². The van der Waals surface area contributed by atoms with Crippen LogP contribution < -0.4 is 0 Å². The van der Waals surface area contributed by atoms with Crippen LogP contribution in [0.25, 0.3) is 16.6 Å². The molecule has 0 radical (unpaired) electrons. The first-order valence-corrected chi connectivity index (χ1v) is 10.4. The molecule has 4 nitrogen and oxygen atoms in total. The monoisotopic (exact) mass is 396 g/mol. The van der Waals surface area contributed by atoms with Crippen molar-refractivity contribution in [3.05, 3.63) is 101 Å². The van der Waals surface area contributed by atoms with Crippen LogP contribution in [0.5, 0.6) is 0 Å². The molecule has 0 fully saturated rings. The summed E-state index contributed by atoms with van der Waals surface area (Å²) < 4.78 is 7.57. The lowest BCUT2D eigenvalue weighted by Gasteiger charge is -2.17. The maximum Gasteiger partial charge on any atom is 0.338 e. The third kappa shape index (κ3) is 3.29. The van der Waals surface area contributed by atoms with Gasteiger partial charge in [0, 0.05) is 36.4 Å². The summed E-state index contributed by atoms with van der Waals surface area (Å²) >= 11 is 0. The Morgan fingerprint density at radius 3 is 2.40 bits per heavy atom. The molecule has 1 aliphatic rings. The van der Waals surface area contributed by atoms with Gasteiger partial charge in [-0.05, 0) is 48.4 Å². The van der Waals surface area contributed by atoms with Crippen LogP contribution in [0, 0.1) is 0 Å². The van der Waals surface area contributed by atoms with E-state index in [1.165, 1.54) is 16.8 Å². The molecule has 0 amide bonds. The minimum absolute atomic E-state index is 0.264. The third-order valence-corrected chi connectivity index (χ3v) is 5.71. The van der Waals surface area contributed by atoms with Crippen molar-refractivity contribution in [1.82, 2.24) is 9.47 Å². The first-order chi connectivity index (χ1) is 14.7. The maximum atomic E-state index is 12.3. The molecule has 1 aliphatic heterocycles. The Balaban J connectivity index is 1.59. The van der Waals surface area contributed by atoms with Crippen LogP contribution in [0.1, 0.15) is 34.1 Å². The number of ether oxygens (including phenoxy) is 1. The molecule has 0 saturated heterocycles. The van der Waals surface area contributed by atoms with E-state index >= 15 is 0 Å². The average molecular weight is 396 g/mol. The second-order valence-corrected chi connectivity index (χ2v) is 7.68. The SMILES string of the molecule is CCOC(=O)c1ccc2c(c1)c1c(n2-c2ccccc2)CN(Cc2ccccc2)C1. The maximum absolute atomic E-state index is 12.3. The van der Waals surface area contributed by atoms with E-state index in [4.69, 9.17) is 4.74 Å². The number of aromatic nitrogens is 1. The van der Waals surface area contributed by atoms with Gasteiger partial charge in [-0.1, -0.05) is 48.5 Å². The molecule has 2 heterocycles. The summed E-state index contributed by atoms with van der Waals surface area (Å²) in [6, 6.07) is 26.9. The number of carbonyl (C=O) groups is 1. The fourth-order valence-corrected chi connectivity index (χ4v) is 4.41. The number of fused-ring (bicyclic) bond motifs is 3. The van der Waals surface area contributed by atoms with E-state index in [0.717, 1.165) is 36.2 Å². The number of para-hydroxylation sites is 1. The number of carbonyl (C=O) groups excluding carboxylic acids is 1. The summed E-state index contributed by atoms with van der Waals surface area (Å²) in [6.07, 6.45) is 0. The molecule has 0 N–H and O–H groups in total. The van der Waals surface area contributed by atoms with E-state index in [0.29, 0.717) is 12.2 Å². The Labute approximate surface area is 176 Å². The zero-order valence-corrected chi connectivity index (χ0v) is 17.0. The van der Waals surface area contributed by atoms with E-state index in [2.05, 4.69) is 70.1 Å². The van der Waals surface area contributed by atoms with Crippen molar-refractivity contribution in [3.8, 4) is 5.69 Å². The van der Waals surface area contributed by atoms with E-state index < -0.39 is 0 Å². The molecular formula is C26H24N2O2. The molecule has 0 bridgehead atoms. The third-order valence-electron chi connectivity index (χ3n) is 5.71. The van der Waals surface area contributed by atoms with Crippen LogP contribution in [0.4, 0.5) is 0 Å². The lowest BCUT2D eigenvalue weighted by molar-refractivity contribution is 0.0526. The lowest BCUT2D eigenvalue weighted by atomic mass is 10.1. The highest BCUT2D eigenvalue weighted by atomic mass is 16.5. The Morgan fingerprint density at radius 2 is 1.67 bits per heavy atom. The van der Waals surface area contributed by atoms with Gasteiger partial charge >= 0.3 is 5.97 Å². The molecule has 0 atom stereocenters. The first kappa shape index (κ1) is 18.6. The van der Waals surface area contributed by atoms with E-state index in [1.54, 1.807) is 0 Å². The van der Waals surface area contributed by atoms with Gasteiger partial charge in [0.15, 0.2) is 0 Å². The second kappa shape index (κ2) is 7.81. The smallest absolute Gasteiger partial charge is 0.338 e. The predicted octanol–water partition coefficient (Wildman–Crippen LogP) is 5.32. The highest BCUT2D eigenvalue weighted by molar-refractivity contribution is 5.97. The molecule has 4 heteroatoms. The number of hydrogen-bond acceptors (Lipinski definition) is 3. The molecular weight excluding hydrogens is 372 g/mol. The van der Waals surface area contributed by atoms with Crippen LogP contribution in [-0.2, 0) is 24.4 Å². The zero-order valence-electron chi connectivity index (χ0n) is 17.0. The van der Waals surface area contributed by atoms with Gasteiger partial charge in [0.1, 0.15) is 0 Å². The topological polar surface area (TPSA) is 34.5 Å². The Bertz CT molecular complexity index is 1200. The van der Waals surface area contributed by atoms with Crippen molar-refractivity contribution in [1.29, 1.82) is 0 Å². The van der Waals surface area contributed by atoms with Gasteiger partial charge in [-0.2, -0.15) is 0 Å². The molecule has 4 aromatic rings. The van der Waals surface area contributed by atoms with Gasteiger partial charge < -0.3 is 9.30 Å². The van der Waals surface area contributed by atoms with Crippen molar-refractivity contribution in [2.75, 3.05) is 6.61 Å².